The zero-order valence-electron chi connectivity index (χ0n) is 13.3. The van der Waals surface area contributed by atoms with E-state index in [4.69, 9.17) is 0 Å². The van der Waals surface area contributed by atoms with Crippen LogP contribution in [0.1, 0.15) is 23.6 Å². The summed E-state index contributed by atoms with van der Waals surface area (Å²) in [5.41, 5.74) is 4.24. The van der Waals surface area contributed by atoms with Crippen molar-refractivity contribution in [3.8, 4) is 0 Å². The Morgan fingerprint density at radius 1 is 0.957 bits per heavy atom. The Kier molecular flexibility index (Phi) is 3.63. The molecule has 3 aromatic carbocycles. The second-order valence-corrected chi connectivity index (χ2v) is 6.21. The Morgan fingerprint density at radius 2 is 1.74 bits per heavy atom. The highest BCUT2D eigenvalue weighted by molar-refractivity contribution is 5.86. The first-order valence-electron chi connectivity index (χ1n) is 8.31. The van der Waals surface area contributed by atoms with Crippen molar-refractivity contribution in [3.05, 3.63) is 90.5 Å². The number of fused-ring (bicyclic) bond motifs is 2. The summed E-state index contributed by atoms with van der Waals surface area (Å²) in [6.07, 6.45) is 4.13. The molecule has 1 nitrogen and oxygen atoms in total. The molecule has 23 heavy (non-hydrogen) atoms. The first-order valence-corrected chi connectivity index (χ1v) is 8.31. The third-order valence-corrected chi connectivity index (χ3v) is 4.87. The van der Waals surface area contributed by atoms with Crippen LogP contribution < -0.4 is 4.90 Å². The standard InChI is InChI=1S/C22H21N/c1-2-7-22-21-11-6-5-9-18(21)14-15-23(22)20-13-12-17-8-3-4-10-19(17)16-20/h2-6,8-13,16,22H,1,7,14-15H2. The van der Waals surface area contributed by atoms with E-state index in [2.05, 4.69) is 78.2 Å². The summed E-state index contributed by atoms with van der Waals surface area (Å²) in [5, 5.41) is 2.61. The van der Waals surface area contributed by atoms with Crippen LogP contribution in [0.15, 0.2) is 79.4 Å². The van der Waals surface area contributed by atoms with Crippen molar-refractivity contribution in [2.75, 3.05) is 11.4 Å². The summed E-state index contributed by atoms with van der Waals surface area (Å²) in [4.78, 5) is 2.54. The fraction of sp³-hybridized carbons (Fsp3) is 0.182. The van der Waals surface area contributed by atoms with Gasteiger partial charge >= 0.3 is 0 Å². The minimum atomic E-state index is 0.388. The average molecular weight is 299 g/mol. The molecule has 114 valence electrons. The summed E-state index contributed by atoms with van der Waals surface area (Å²) in [7, 11) is 0. The molecular formula is C22H21N. The molecule has 0 saturated heterocycles. The lowest BCUT2D eigenvalue weighted by atomic mass is 9.90. The van der Waals surface area contributed by atoms with Crippen LogP contribution in [0, 0.1) is 0 Å². The van der Waals surface area contributed by atoms with Crippen molar-refractivity contribution < 1.29 is 0 Å². The van der Waals surface area contributed by atoms with E-state index in [9.17, 15) is 0 Å². The third-order valence-electron chi connectivity index (χ3n) is 4.87. The molecule has 0 N–H and O–H groups in total. The van der Waals surface area contributed by atoms with Crippen molar-refractivity contribution in [2.45, 2.75) is 18.9 Å². The summed E-state index contributed by atoms with van der Waals surface area (Å²) in [6.45, 7) is 5.04. The first kappa shape index (κ1) is 14.1. The molecule has 0 saturated carbocycles. The highest BCUT2D eigenvalue weighted by Crippen LogP contribution is 2.37. The summed E-state index contributed by atoms with van der Waals surface area (Å²) in [5.74, 6) is 0. The Morgan fingerprint density at radius 3 is 2.61 bits per heavy atom. The number of nitrogens with zero attached hydrogens (tertiary/aromatic N) is 1. The summed E-state index contributed by atoms with van der Waals surface area (Å²) >= 11 is 0. The van der Waals surface area contributed by atoms with Gasteiger partial charge in [-0.2, -0.15) is 0 Å². The monoisotopic (exact) mass is 299 g/mol. The SMILES string of the molecule is C=CCC1c2ccccc2CCN1c1ccc2ccccc2c1. The van der Waals surface area contributed by atoms with E-state index < -0.39 is 0 Å². The van der Waals surface area contributed by atoms with Gasteiger partial charge in [0.25, 0.3) is 0 Å². The Bertz CT molecular complexity index is 849. The maximum Gasteiger partial charge on any atom is 0.0579 e. The number of hydrogen-bond acceptors (Lipinski definition) is 1. The van der Waals surface area contributed by atoms with Crippen molar-refractivity contribution in [1.29, 1.82) is 0 Å². The molecule has 0 amide bonds. The predicted octanol–water partition coefficient (Wildman–Crippen LogP) is 5.52. The van der Waals surface area contributed by atoms with Crippen LogP contribution in [-0.2, 0) is 6.42 Å². The molecule has 1 unspecified atom stereocenters. The molecule has 3 aromatic rings. The van der Waals surface area contributed by atoms with E-state index in [1.54, 1.807) is 0 Å². The molecule has 0 radical (unpaired) electrons. The van der Waals surface area contributed by atoms with Gasteiger partial charge in [-0.3, -0.25) is 0 Å². The molecule has 1 heterocycles. The Labute approximate surface area is 137 Å². The lowest BCUT2D eigenvalue weighted by molar-refractivity contribution is 0.589. The van der Waals surface area contributed by atoms with Gasteiger partial charge < -0.3 is 4.90 Å². The summed E-state index contributed by atoms with van der Waals surface area (Å²) < 4.78 is 0. The van der Waals surface area contributed by atoms with Gasteiger partial charge in [0.15, 0.2) is 0 Å². The average Bonchev–Trinajstić information content (AvgIpc) is 2.62. The number of anilines is 1. The van der Waals surface area contributed by atoms with Gasteiger partial charge in [-0.25, -0.2) is 0 Å². The van der Waals surface area contributed by atoms with Gasteiger partial charge in [0.1, 0.15) is 0 Å². The van der Waals surface area contributed by atoms with Crippen LogP contribution in [0.25, 0.3) is 10.8 Å². The van der Waals surface area contributed by atoms with Gasteiger partial charge in [-0.15, -0.1) is 6.58 Å². The van der Waals surface area contributed by atoms with Crippen molar-refractivity contribution in [3.63, 3.8) is 0 Å². The Balaban J connectivity index is 1.78. The first-order chi connectivity index (χ1) is 11.4. The second-order valence-electron chi connectivity index (χ2n) is 6.21. The molecular weight excluding hydrogens is 278 g/mol. The largest absolute Gasteiger partial charge is 0.364 e. The van der Waals surface area contributed by atoms with E-state index in [1.165, 1.54) is 27.6 Å². The van der Waals surface area contributed by atoms with E-state index >= 15 is 0 Å². The normalized spacial score (nSPS) is 17.0. The maximum absolute atomic E-state index is 3.98. The smallest absolute Gasteiger partial charge is 0.0579 e. The zero-order chi connectivity index (χ0) is 15.6. The zero-order valence-corrected chi connectivity index (χ0v) is 13.3. The van der Waals surface area contributed by atoms with Gasteiger partial charge in [0.2, 0.25) is 0 Å². The van der Waals surface area contributed by atoms with E-state index in [0.29, 0.717) is 6.04 Å². The van der Waals surface area contributed by atoms with Gasteiger partial charge in [0, 0.05) is 12.2 Å². The van der Waals surface area contributed by atoms with Crippen LogP contribution in [0.3, 0.4) is 0 Å². The third kappa shape index (κ3) is 2.53. The molecule has 0 aliphatic carbocycles. The van der Waals surface area contributed by atoms with Gasteiger partial charge in [-0.05, 0) is 46.9 Å². The molecule has 0 bridgehead atoms. The van der Waals surface area contributed by atoms with Crippen LogP contribution in [0.4, 0.5) is 5.69 Å². The number of rotatable bonds is 3. The van der Waals surface area contributed by atoms with Crippen LogP contribution in [0.2, 0.25) is 0 Å². The minimum Gasteiger partial charge on any atom is -0.364 e. The highest BCUT2D eigenvalue weighted by Gasteiger charge is 2.26. The fourth-order valence-electron chi connectivity index (χ4n) is 3.73. The van der Waals surface area contributed by atoms with E-state index in [0.717, 1.165) is 19.4 Å². The predicted molar refractivity (Wildman–Crippen MR) is 99.0 cm³/mol. The minimum absolute atomic E-state index is 0.388. The topological polar surface area (TPSA) is 3.24 Å². The molecule has 1 aliphatic rings. The second kappa shape index (κ2) is 5.92. The fourth-order valence-corrected chi connectivity index (χ4v) is 3.73. The summed E-state index contributed by atoms with van der Waals surface area (Å²) in [6, 6.07) is 24.6. The van der Waals surface area contributed by atoms with Crippen LogP contribution in [-0.4, -0.2) is 6.54 Å². The number of hydrogen-bond donors (Lipinski definition) is 0. The van der Waals surface area contributed by atoms with Crippen molar-refractivity contribution >= 4 is 16.5 Å². The van der Waals surface area contributed by atoms with Crippen LogP contribution in [0.5, 0.6) is 0 Å². The van der Waals surface area contributed by atoms with Crippen molar-refractivity contribution in [1.82, 2.24) is 0 Å². The molecule has 0 spiro atoms. The molecule has 1 atom stereocenters. The maximum atomic E-state index is 3.98. The molecule has 0 fully saturated rings. The molecule has 4 rings (SSSR count). The lowest BCUT2D eigenvalue weighted by Crippen LogP contribution is -2.35. The quantitative estimate of drug-likeness (QED) is 0.576. The number of benzene rings is 3. The van der Waals surface area contributed by atoms with Crippen LogP contribution >= 0.6 is 0 Å². The lowest BCUT2D eigenvalue weighted by Gasteiger charge is -2.39. The van der Waals surface area contributed by atoms with E-state index in [1.807, 2.05) is 6.08 Å². The van der Waals surface area contributed by atoms with Gasteiger partial charge in [0.05, 0.1) is 6.04 Å². The molecule has 0 aromatic heterocycles. The van der Waals surface area contributed by atoms with Gasteiger partial charge in [-0.1, -0.05) is 60.7 Å². The molecule has 1 heteroatoms. The highest BCUT2D eigenvalue weighted by atomic mass is 15.2. The Hall–Kier alpha value is -2.54. The van der Waals surface area contributed by atoms with E-state index in [-0.39, 0.29) is 0 Å². The molecule has 1 aliphatic heterocycles. The van der Waals surface area contributed by atoms with Crippen molar-refractivity contribution in [2.24, 2.45) is 0 Å².